The highest BCUT2D eigenvalue weighted by molar-refractivity contribution is 5.80. The summed E-state index contributed by atoms with van der Waals surface area (Å²) < 4.78 is 19.3. The second-order valence-electron chi connectivity index (χ2n) is 9.03. The molecule has 2 aromatic carbocycles. The molecule has 4 rings (SSSR count). The zero-order chi connectivity index (χ0) is 22.3. The molecule has 6 heteroatoms. The van der Waals surface area contributed by atoms with Crippen LogP contribution in [0.25, 0.3) is 10.9 Å². The lowest BCUT2D eigenvalue weighted by atomic mass is 10.2. The van der Waals surface area contributed by atoms with Crippen LogP contribution in [0.4, 0.5) is 4.39 Å². The van der Waals surface area contributed by atoms with Gasteiger partial charge in [0.15, 0.2) is 0 Å². The third-order valence-electron chi connectivity index (χ3n) is 6.04. The Morgan fingerprint density at radius 2 is 1.88 bits per heavy atom. The number of rotatable bonds is 9. The van der Waals surface area contributed by atoms with Crippen LogP contribution in [0.1, 0.15) is 36.9 Å². The molecule has 2 N–H and O–H groups in total. The van der Waals surface area contributed by atoms with E-state index in [9.17, 15) is 9.50 Å². The zero-order valence-electron chi connectivity index (χ0n) is 18.9. The van der Waals surface area contributed by atoms with E-state index >= 15 is 0 Å². The molecular formula is C26H34FN3O2. The molecular weight excluding hydrogens is 405 g/mol. The first-order chi connectivity index (χ1) is 15.5. The Labute approximate surface area is 189 Å². The van der Waals surface area contributed by atoms with Gasteiger partial charge in [-0.2, -0.15) is 0 Å². The molecule has 0 bridgehead atoms. The summed E-state index contributed by atoms with van der Waals surface area (Å²) in [6.07, 6.45) is 4.55. The summed E-state index contributed by atoms with van der Waals surface area (Å²) in [4.78, 5) is 7.91. The van der Waals surface area contributed by atoms with Crippen molar-refractivity contribution in [1.82, 2.24) is 14.8 Å². The van der Waals surface area contributed by atoms with Gasteiger partial charge in [0.05, 0.1) is 0 Å². The number of hydrogen-bond donors (Lipinski definition) is 2. The number of β-amino-alcohol motifs (C(OH)–C–C–N with tert-alkyl or cyclic N) is 1. The van der Waals surface area contributed by atoms with Crippen molar-refractivity contribution < 1.29 is 14.2 Å². The zero-order valence-corrected chi connectivity index (χ0v) is 18.9. The fourth-order valence-electron chi connectivity index (χ4n) is 4.50. The van der Waals surface area contributed by atoms with Crippen LogP contribution in [0, 0.1) is 5.82 Å². The van der Waals surface area contributed by atoms with Gasteiger partial charge in [0.2, 0.25) is 0 Å². The number of nitrogens with one attached hydrogen (secondary N) is 1. The molecule has 0 aliphatic carbocycles. The average molecular weight is 440 g/mol. The van der Waals surface area contributed by atoms with Gasteiger partial charge in [0.1, 0.15) is 24.3 Å². The minimum atomic E-state index is -0.480. The maximum Gasteiger partial charge on any atom is 0.123 e. The SMILES string of the molecule is CN(Cc1cccc(OCC(O)CN2CCCCCC2)c1)Cc1cc2cc(F)ccc2[nH]1. The van der Waals surface area contributed by atoms with Crippen molar-refractivity contribution >= 4 is 10.9 Å². The van der Waals surface area contributed by atoms with Crippen LogP contribution in [0.3, 0.4) is 0 Å². The highest BCUT2D eigenvalue weighted by Gasteiger charge is 2.14. The van der Waals surface area contributed by atoms with E-state index in [0.29, 0.717) is 13.2 Å². The fraction of sp³-hybridized carbons (Fsp3) is 0.462. The van der Waals surface area contributed by atoms with Gasteiger partial charge in [-0.05, 0) is 74.9 Å². The lowest BCUT2D eigenvalue weighted by Crippen LogP contribution is -2.36. The van der Waals surface area contributed by atoms with Gasteiger partial charge in [-0.1, -0.05) is 25.0 Å². The maximum atomic E-state index is 13.4. The number of aliphatic hydroxyl groups excluding tert-OH is 1. The highest BCUT2D eigenvalue weighted by atomic mass is 19.1. The molecule has 1 fully saturated rings. The lowest BCUT2D eigenvalue weighted by molar-refractivity contribution is 0.0693. The first-order valence-electron chi connectivity index (χ1n) is 11.6. The van der Waals surface area contributed by atoms with Crippen molar-refractivity contribution in [1.29, 1.82) is 0 Å². The molecule has 5 nitrogen and oxygen atoms in total. The fourth-order valence-corrected chi connectivity index (χ4v) is 4.50. The molecule has 0 spiro atoms. The summed E-state index contributed by atoms with van der Waals surface area (Å²) in [5.41, 5.74) is 3.15. The van der Waals surface area contributed by atoms with Gasteiger partial charge >= 0.3 is 0 Å². The number of nitrogens with zero attached hydrogens (tertiary/aromatic N) is 2. The van der Waals surface area contributed by atoms with Gasteiger partial charge in [0.25, 0.3) is 0 Å². The molecule has 1 aromatic heterocycles. The Morgan fingerprint density at radius 3 is 2.69 bits per heavy atom. The number of hydrogen-bond acceptors (Lipinski definition) is 4. The van der Waals surface area contributed by atoms with E-state index in [1.54, 1.807) is 12.1 Å². The molecule has 1 saturated heterocycles. The van der Waals surface area contributed by atoms with E-state index in [2.05, 4.69) is 27.9 Å². The van der Waals surface area contributed by atoms with E-state index in [1.807, 2.05) is 24.3 Å². The third-order valence-corrected chi connectivity index (χ3v) is 6.04. The second-order valence-corrected chi connectivity index (χ2v) is 9.03. The van der Waals surface area contributed by atoms with Crippen LogP contribution in [-0.2, 0) is 13.1 Å². The third kappa shape index (κ3) is 6.55. The van der Waals surface area contributed by atoms with Crippen LogP contribution in [0.2, 0.25) is 0 Å². The summed E-state index contributed by atoms with van der Waals surface area (Å²) in [6, 6.07) is 14.9. The number of aromatic amines is 1. The molecule has 0 amide bonds. The van der Waals surface area contributed by atoms with Crippen molar-refractivity contribution in [2.24, 2.45) is 0 Å². The van der Waals surface area contributed by atoms with Crippen molar-refractivity contribution in [3.05, 3.63) is 65.6 Å². The van der Waals surface area contributed by atoms with Crippen molar-refractivity contribution in [2.75, 3.05) is 33.3 Å². The number of halogens is 1. The van der Waals surface area contributed by atoms with Crippen LogP contribution in [0.5, 0.6) is 5.75 Å². The standard InChI is InChI=1S/C26H34FN3O2/c1-29(17-23-15-21-14-22(27)9-10-26(21)28-23)16-20-7-6-8-25(13-20)32-19-24(31)18-30-11-4-2-3-5-12-30/h6-10,13-15,24,28,31H,2-5,11-12,16-19H2,1H3. The number of H-pyrrole nitrogens is 1. The van der Waals surface area contributed by atoms with Crippen molar-refractivity contribution in [3.8, 4) is 5.75 Å². The van der Waals surface area contributed by atoms with Crippen LogP contribution >= 0.6 is 0 Å². The molecule has 172 valence electrons. The minimum Gasteiger partial charge on any atom is -0.491 e. The van der Waals surface area contributed by atoms with Gasteiger partial charge < -0.3 is 19.7 Å². The number of likely N-dealkylation sites (tertiary alicyclic amines) is 1. The summed E-state index contributed by atoms with van der Waals surface area (Å²) in [5.74, 6) is 0.566. The number of ether oxygens (including phenoxy) is 1. The predicted octanol–water partition coefficient (Wildman–Crippen LogP) is 4.55. The van der Waals surface area contributed by atoms with Crippen LogP contribution in [0.15, 0.2) is 48.5 Å². The normalized spacial score (nSPS) is 16.4. The topological polar surface area (TPSA) is 51.7 Å². The molecule has 1 aliphatic heterocycles. The predicted molar refractivity (Wildman–Crippen MR) is 126 cm³/mol. The van der Waals surface area contributed by atoms with Crippen molar-refractivity contribution in [2.45, 2.75) is 44.9 Å². The smallest absolute Gasteiger partial charge is 0.123 e. The van der Waals surface area contributed by atoms with Gasteiger partial charge in [-0.15, -0.1) is 0 Å². The monoisotopic (exact) mass is 439 g/mol. The Hall–Kier alpha value is -2.41. The van der Waals surface area contributed by atoms with Gasteiger partial charge in [0, 0.05) is 36.2 Å². The molecule has 0 saturated carbocycles. The second kappa shape index (κ2) is 10.9. The average Bonchev–Trinajstić information content (AvgIpc) is 2.97. The highest BCUT2D eigenvalue weighted by Crippen LogP contribution is 2.19. The molecule has 1 atom stereocenters. The Balaban J connectivity index is 1.27. The summed E-state index contributed by atoms with van der Waals surface area (Å²) >= 11 is 0. The van der Waals surface area contributed by atoms with Crippen LogP contribution < -0.4 is 4.74 Å². The van der Waals surface area contributed by atoms with E-state index in [-0.39, 0.29) is 5.82 Å². The molecule has 3 aromatic rings. The molecule has 1 aliphatic rings. The summed E-state index contributed by atoms with van der Waals surface area (Å²) in [5, 5.41) is 11.3. The molecule has 32 heavy (non-hydrogen) atoms. The minimum absolute atomic E-state index is 0.218. The van der Waals surface area contributed by atoms with Gasteiger partial charge in [-0.3, -0.25) is 4.90 Å². The van der Waals surface area contributed by atoms with Crippen LogP contribution in [-0.4, -0.2) is 59.3 Å². The maximum absolute atomic E-state index is 13.4. The van der Waals surface area contributed by atoms with Gasteiger partial charge in [-0.25, -0.2) is 4.39 Å². The van der Waals surface area contributed by atoms with E-state index in [1.165, 1.54) is 31.7 Å². The number of benzene rings is 2. The molecule has 2 heterocycles. The Bertz CT molecular complexity index is 998. The van der Waals surface area contributed by atoms with E-state index < -0.39 is 6.10 Å². The van der Waals surface area contributed by atoms with E-state index in [0.717, 1.165) is 54.1 Å². The number of aromatic nitrogens is 1. The number of aliphatic hydroxyl groups is 1. The summed E-state index contributed by atoms with van der Waals surface area (Å²) in [7, 11) is 2.06. The first-order valence-corrected chi connectivity index (χ1v) is 11.6. The first kappa shape index (κ1) is 22.8. The van der Waals surface area contributed by atoms with Crippen molar-refractivity contribution in [3.63, 3.8) is 0 Å². The Morgan fingerprint density at radius 1 is 1.06 bits per heavy atom. The van der Waals surface area contributed by atoms with E-state index in [4.69, 9.17) is 4.74 Å². The quantitative estimate of drug-likeness (QED) is 0.513. The number of fused-ring (bicyclic) bond motifs is 1. The summed E-state index contributed by atoms with van der Waals surface area (Å²) in [6.45, 7) is 4.62. The lowest BCUT2D eigenvalue weighted by Gasteiger charge is -2.23. The Kier molecular flexibility index (Phi) is 7.79. The molecule has 1 unspecified atom stereocenters. The largest absolute Gasteiger partial charge is 0.491 e. The molecule has 0 radical (unpaired) electrons.